The fourth-order valence-corrected chi connectivity index (χ4v) is 3.02. The average Bonchev–Trinajstić information content (AvgIpc) is 2.49. The standard InChI is InChI=1S/C19H29N3OSi/c1-16(23-24(5,6)19(2,3)4)18(13-10-14-21-22-20)15-17-11-8-7-9-12-17/h7-9,11-13H,1,10,14-15H2,2-6H3/b18-13+. The van der Waals surface area contributed by atoms with Gasteiger partial charge in [0.25, 0.3) is 0 Å². The smallest absolute Gasteiger partial charge is 0.250 e. The van der Waals surface area contributed by atoms with Gasteiger partial charge in [0.1, 0.15) is 0 Å². The first-order valence-electron chi connectivity index (χ1n) is 8.29. The van der Waals surface area contributed by atoms with Gasteiger partial charge < -0.3 is 4.43 Å². The second-order valence-electron chi connectivity index (χ2n) is 7.42. The van der Waals surface area contributed by atoms with E-state index in [-0.39, 0.29) is 5.04 Å². The Bertz CT molecular complexity index is 624. The van der Waals surface area contributed by atoms with Gasteiger partial charge >= 0.3 is 0 Å². The van der Waals surface area contributed by atoms with E-state index in [1.807, 2.05) is 18.2 Å². The number of azide groups is 1. The molecule has 0 spiro atoms. The van der Waals surface area contributed by atoms with Crippen LogP contribution in [0.4, 0.5) is 0 Å². The molecule has 0 saturated carbocycles. The molecule has 0 atom stereocenters. The van der Waals surface area contributed by atoms with Crippen molar-refractivity contribution in [3.05, 3.63) is 70.3 Å². The summed E-state index contributed by atoms with van der Waals surface area (Å²) in [6, 6.07) is 10.3. The first kappa shape index (κ1) is 20.1. The second kappa shape index (κ2) is 8.76. The minimum atomic E-state index is -1.92. The highest BCUT2D eigenvalue weighted by molar-refractivity contribution is 6.74. The number of rotatable bonds is 8. The lowest BCUT2D eigenvalue weighted by molar-refractivity contribution is 0.393. The molecule has 0 bridgehead atoms. The van der Waals surface area contributed by atoms with E-state index >= 15 is 0 Å². The van der Waals surface area contributed by atoms with E-state index < -0.39 is 8.32 Å². The van der Waals surface area contributed by atoms with Gasteiger partial charge in [-0.25, -0.2) is 0 Å². The van der Waals surface area contributed by atoms with Crippen LogP contribution < -0.4 is 0 Å². The van der Waals surface area contributed by atoms with Crippen LogP contribution >= 0.6 is 0 Å². The molecule has 0 aromatic heterocycles. The van der Waals surface area contributed by atoms with Crippen molar-refractivity contribution >= 4 is 8.32 Å². The highest BCUT2D eigenvalue weighted by Gasteiger charge is 2.39. The van der Waals surface area contributed by atoms with E-state index in [9.17, 15) is 0 Å². The molecule has 0 amide bonds. The molecule has 0 unspecified atom stereocenters. The Morgan fingerprint density at radius 2 is 1.92 bits per heavy atom. The van der Waals surface area contributed by atoms with Crippen LogP contribution in [-0.2, 0) is 10.8 Å². The van der Waals surface area contributed by atoms with Crippen LogP contribution in [0.5, 0.6) is 0 Å². The Kier molecular flexibility index (Phi) is 7.33. The van der Waals surface area contributed by atoms with Crippen LogP contribution in [0.15, 0.2) is 59.4 Å². The quantitative estimate of drug-likeness (QED) is 0.103. The minimum Gasteiger partial charge on any atom is -0.544 e. The van der Waals surface area contributed by atoms with E-state index in [0.29, 0.717) is 13.0 Å². The predicted octanol–water partition coefficient (Wildman–Crippen LogP) is 6.39. The molecule has 0 heterocycles. The summed E-state index contributed by atoms with van der Waals surface area (Å²) in [5, 5.41) is 3.72. The van der Waals surface area contributed by atoms with Crippen molar-refractivity contribution < 1.29 is 4.43 Å². The van der Waals surface area contributed by atoms with Crippen molar-refractivity contribution in [2.75, 3.05) is 6.54 Å². The SMILES string of the molecule is C=C(O[Si](C)(C)C(C)(C)C)/C(=C/CCN=[N+]=[N-])Cc1ccccc1. The van der Waals surface area contributed by atoms with Crippen LogP contribution in [0.25, 0.3) is 10.4 Å². The number of benzene rings is 1. The fraction of sp³-hybridized carbons (Fsp3) is 0.474. The van der Waals surface area contributed by atoms with Crippen molar-refractivity contribution in [2.45, 2.75) is 51.7 Å². The molecule has 4 nitrogen and oxygen atoms in total. The van der Waals surface area contributed by atoms with Crippen molar-refractivity contribution in [3.8, 4) is 0 Å². The van der Waals surface area contributed by atoms with Gasteiger partial charge in [-0.05, 0) is 41.2 Å². The van der Waals surface area contributed by atoms with Gasteiger partial charge in [-0.1, -0.05) is 68.9 Å². The summed E-state index contributed by atoms with van der Waals surface area (Å²) in [4.78, 5) is 2.80. The molecule has 1 aromatic rings. The Balaban J connectivity index is 2.95. The van der Waals surface area contributed by atoms with Gasteiger partial charge in [0.15, 0.2) is 0 Å². The Hall–Kier alpha value is -1.97. The van der Waals surface area contributed by atoms with E-state index in [0.717, 1.165) is 17.8 Å². The molecule has 5 heteroatoms. The number of nitrogens with zero attached hydrogens (tertiary/aromatic N) is 3. The summed E-state index contributed by atoms with van der Waals surface area (Å²) >= 11 is 0. The lowest BCUT2D eigenvalue weighted by atomic mass is 10.0. The highest BCUT2D eigenvalue weighted by Crippen LogP contribution is 2.38. The number of hydrogen-bond donors (Lipinski definition) is 0. The fourth-order valence-electron chi connectivity index (χ4n) is 1.97. The van der Waals surface area contributed by atoms with Crippen LogP contribution in [-0.4, -0.2) is 14.9 Å². The van der Waals surface area contributed by atoms with Crippen LogP contribution in [0.1, 0.15) is 32.8 Å². The van der Waals surface area contributed by atoms with E-state index in [1.54, 1.807) is 0 Å². The zero-order valence-corrected chi connectivity index (χ0v) is 16.5. The number of hydrogen-bond acceptors (Lipinski definition) is 2. The second-order valence-corrected chi connectivity index (χ2v) is 12.1. The molecule has 24 heavy (non-hydrogen) atoms. The Morgan fingerprint density at radius 3 is 2.46 bits per heavy atom. The highest BCUT2D eigenvalue weighted by atomic mass is 28.4. The Labute approximate surface area is 147 Å². The minimum absolute atomic E-state index is 0.124. The largest absolute Gasteiger partial charge is 0.544 e. The monoisotopic (exact) mass is 343 g/mol. The predicted molar refractivity (Wildman–Crippen MR) is 104 cm³/mol. The van der Waals surface area contributed by atoms with Gasteiger partial charge in [-0.3, -0.25) is 0 Å². The van der Waals surface area contributed by atoms with Crippen molar-refractivity contribution in [3.63, 3.8) is 0 Å². The zero-order valence-electron chi connectivity index (χ0n) is 15.5. The maximum Gasteiger partial charge on any atom is 0.250 e. The maximum atomic E-state index is 8.42. The molecular formula is C19H29N3OSi. The maximum absolute atomic E-state index is 8.42. The molecule has 130 valence electrons. The topological polar surface area (TPSA) is 58.0 Å². The first-order chi connectivity index (χ1) is 11.2. The molecule has 0 N–H and O–H groups in total. The van der Waals surface area contributed by atoms with Gasteiger partial charge in [0.2, 0.25) is 8.32 Å². The molecule has 1 aromatic carbocycles. The molecule has 0 fully saturated rings. The van der Waals surface area contributed by atoms with Crippen LogP contribution in [0, 0.1) is 0 Å². The van der Waals surface area contributed by atoms with E-state index in [2.05, 4.69) is 68.7 Å². The summed E-state index contributed by atoms with van der Waals surface area (Å²) in [7, 11) is -1.92. The van der Waals surface area contributed by atoms with Crippen molar-refractivity contribution in [1.29, 1.82) is 0 Å². The molecule has 0 aliphatic rings. The normalized spacial score (nSPS) is 12.5. The van der Waals surface area contributed by atoms with E-state index in [1.165, 1.54) is 5.56 Å². The first-order valence-corrected chi connectivity index (χ1v) is 11.2. The Morgan fingerprint density at radius 1 is 1.29 bits per heavy atom. The van der Waals surface area contributed by atoms with Gasteiger partial charge in [0.05, 0.1) is 5.76 Å². The third-order valence-corrected chi connectivity index (χ3v) is 8.83. The van der Waals surface area contributed by atoms with Crippen LogP contribution in [0.2, 0.25) is 18.1 Å². The molecule has 1 rings (SSSR count). The lowest BCUT2D eigenvalue weighted by Crippen LogP contribution is -2.40. The zero-order chi connectivity index (χ0) is 18.2. The van der Waals surface area contributed by atoms with Crippen molar-refractivity contribution in [2.24, 2.45) is 5.11 Å². The molecule has 0 radical (unpaired) electrons. The number of allylic oxidation sites excluding steroid dienone is 1. The molecule has 0 saturated heterocycles. The van der Waals surface area contributed by atoms with Crippen LogP contribution in [0.3, 0.4) is 0 Å². The summed E-state index contributed by atoms with van der Waals surface area (Å²) < 4.78 is 6.37. The van der Waals surface area contributed by atoms with Crippen molar-refractivity contribution in [1.82, 2.24) is 0 Å². The van der Waals surface area contributed by atoms with Gasteiger partial charge in [-0.15, -0.1) is 0 Å². The van der Waals surface area contributed by atoms with Gasteiger partial charge in [0, 0.05) is 17.9 Å². The van der Waals surface area contributed by atoms with Gasteiger partial charge in [-0.2, -0.15) is 0 Å². The average molecular weight is 344 g/mol. The summed E-state index contributed by atoms with van der Waals surface area (Å²) in [6.45, 7) is 15.7. The summed E-state index contributed by atoms with van der Waals surface area (Å²) in [6.07, 6.45) is 3.54. The summed E-state index contributed by atoms with van der Waals surface area (Å²) in [5.74, 6) is 0.742. The lowest BCUT2D eigenvalue weighted by Gasteiger charge is -2.37. The third-order valence-electron chi connectivity index (χ3n) is 4.46. The molecule has 0 aliphatic heterocycles. The summed E-state index contributed by atoms with van der Waals surface area (Å²) in [5.41, 5.74) is 10.7. The third kappa shape index (κ3) is 6.26. The molecule has 0 aliphatic carbocycles. The molecular weight excluding hydrogens is 314 g/mol. The van der Waals surface area contributed by atoms with E-state index in [4.69, 9.17) is 9.96 Å².